The number of nitrogens with one attached hydrogen (secondary N) is 3. The van der Waals surface area contributed by atoms with Crippen molar-refractivity contribution in [2.24, 2.45) is 4.99 Å². The molecule has 1 heterocycles. The number of likely N-dealkylation sites (tertiary alicyclic amines) is 1. The van der Waals surface area contributed by atoms with E-state index in [1.165, 1.54) is 25.8 Å². The molecule has 0 aromatic heterocycles. The van der Waals surface area contributed by atoms with Gasteiger partial charge < -0.3 is 20.7 Å². The second kappa shape index (κ2) is 13.4. The third-order valence-electron chi connectivity index (χ3n) is 4.36. The van der Waals surface area contributed by atoms with E-state index in [1.807, 2.05) is 27.7 Å². The van der Waals surface area contributed by atoms with Crippen molar-refractivity contribution in [1.29, 1.82) is 0 Å². The van der Waals surface area contributed by atoms with Crippen molar-refractivity contribution in [1.82, 2.24) is 20.9 Å². The van der Waals surface area contributed by atoms with Gasteiger partial charge in [-0.2, -0.15) is 0 Å². The summed E-state index contributed by atoms with van der Waals surface area (Å²) in [5, 5.41) is 9.26. The van der Waals surface area contributed by atoms with Gasteiger partial charge in [0.05, 0.1) is 6.54 Å². The molecule has 1 amide bonds. The molecule has 27 heavy (non-hydrogen) atoms. The van der Waals surface area contributed by atoms with Gasteiger partial charge in [0.25, 0.3) is 0 Å². The van der Waals surface area contributed by atoms with Crippen molar-refractivity contribution >= 4 is 36.0 Å². The Morgan fingerprint density at radius 2 is 1.89 bits per heavy atom. The minimum atomic E-state index is -0.477. The van der Waals surface area contributed by atoms with Crippen molar-refractivity contribution in [2.75, 3.05) is 32.7 Å². The van der Waals surface area contributed by atoms with E-state index in [9.17, 15) is 4.79 Å². The minimum absolute atomic E-state index is 0. The van der Waals surface area contributed by atoms with Gasteiger partial charge in [-0.05, 0) is 60.9 Å². The summed E-state index contributed by atoms with van der Waals surface area (Å²) in [6.45, 7) is 16.0. The largest absolute Gasteiger partial charge is 0.444 e. The Morgan fingerprint density at radius 1 is 1.22 bits per heavy atom. The van der Waals surface area contributed by atoms with Crippen molar-refractivity contribution < 1.29 is 9.53 Å². The van der Waals surface area contributed by atoms with Crippen molar-refractivity contribution in [2.45, 2.75) is 78.5 Å². The van der Waals surface area contributed by atoms with Crippen LogP contribution >= 0.6 is 24.0 Å². The molecule has 2 atom stereocenters. The first-order valence-electron chi connectivity index (χ1n) is 9.97. The SMILES string of the molecule is CCNC(=NCC(C)N1CCCCC1C)NCCNC(=O)OC(C)(C)C.I. The van der Waals surface area contributed by atoms with Gasteiger partial charge >= 0.3 is 6.09 Å². The van der Waals surface area contributed by atoms with Gasteiger partial charge in [0.15, 0.2) is 5.96 Å². The van der Waals surface area contributed by atoms with Crippen LogP contribution in [-0.4, -0.2) is 67.4 Å². The monoisotopic (exact) mass is 497 g/mol. The number of rotatable bonds is 7. The third-order valence-corrected chi connectivity index (χ3v) is 4.36. The van der Waals surface area contributed by atoms with E-state index >= 15 is 0 Å². The smallest absolute Gasteiger partial charge is 0.407 e. The minimum Gasteiger partial charge on any atom is -0.444 e. The Bertz CT molecular complexity index is 454. The lowest BCUT2D eigenvalue weighted by molar-refractivity contribution is 0.0529. The normalized spacial score (nSPS) is 19.6. The molecule has 0 aromatic rings. The van der Waals surface area contributed by atoms with Gasteiger partial charge in [0.1, 0.15) is 5.60 Å². The van der Waals surface area contributed by atoms with Gasteiger partial charge in [-0.25, -0.2) is 4.79 Å². The molecule has 2 unspecified atom stereocenters. The summed E-state index contributed by atoms with van der Waals surface area (Å²) in [5.41, 5.74) is -0.477. The molecular formula is C19H40IN5O2. The number of carbonyl (C=O) groups excluding carboxylic acids is 1. The van der Waals surface area contributed by atoms with E-state index in [1.54, 1.807) is 0 Å². The van der Waals surface area contributed by atoms with Gasteiger partial charge in [-0.1, -0.05) is 6.42 Å². The quantitative estimate of drug-likeness (QED) is 0.218. The number of alkyl carbamates (subject to hydrolysis) is 1. The highest BCUT2D eigenvalue weighted by Gasteiger charge is 2.22. The van der Waals surface area contributed by atoms with Gasteiger partial charge in [0, 0.05) is 31.7 Å². The molecule has 1 aliphatic heterocycles. The van der Waals surface area contributed by atoms with Gasteiger partial charge in [-0.15, -0.1) is 24.0 Å². The van der Waals surface area contributed by atoms with E-state index in [0.717, 1.165) is 19.0 Å². The molecule has 8 heteroatoms. The van der Waals surface area contributed by atoms with Crippen LogP contribution in [0.3, 0.4) is 0 Å². The molecule has 7 nitrogen and oxygen atoms in total. The van der Waals surface area contributed by atoms with Crippen LogP contribution in [0.2, 0.25) is 0 Å². The number of amides is 1. The molecule has 3 N–H and O–H groups in total. The number of hydrogen-bond acceptors (Lipinski definition) is 4. The number of guanidine groups is 1. The topological polar surface area (TPSA) is 78.0 Å². The average molecular weight is 497 g/mol. The summed E-state index contributed by atoms with van der Waals surface area (Å²) in [6.07, 6.45) is 3.51. The Hall–Kier alpha value is -0.770. The number of halogens is 1. The van der Waals surface area contributed by atoms with E-state index in [4.69, 9.17) is 9.73 Å². The zero-order valence-corrected chi connectivity index (χ0v) is 20.3. The number of aliphatic imine (C=N–C) groups is 1. The molecule has 0 radical (unpaired) electrons. The molecule has 160 valence electrons. The molecule has 1 aliphatic rings. The first-order chi connectivity index (χ1) is 12.2. The predicted molar refractivity (Wildman–Crippen MR) is 123 cm³/mol. The van der Waals surface area contributed by atoms with E-state index in [0.29, 0.717) is 25.2 Å². The Morgan fingerprint density at radius 3 is 2.48 bits per heavy atom. The first kappa shape index (κ1) is 26.2. The van der Waals surface area contributed by atoms with Crippen molar-refractivity contribution in [3.05, 3.63) is 0 Å². The molecule has 1 rings (SSSR count). The fraction of sp³-hybridized carbons (Fsp3) is 0.895. The first-order valence-corrected chi connectivity index (χ1v) is 9.97. The van der Waals surface area contributed by atoms with Crippen molar-refractivity contribution in [3.8, 4) is 0 Å². The van der Waals surface area contributed by atoms with Crippen LogP contribution in [0.15, 0.2) is 4.99 Å². The molecule has 0 bridgehead atoms. The van der Waals surface area contributed by atoms with Crippen molar-refractivity contribution in [3.63, 3.8) is 0 Å². The zero-order valence-electron chi connectivity index (χ0n) is 17.9. The number of piperidine rings is 1. The highest BCUT2D eigenvalue weighted by atomic mass is 127. The van der Waals surface area contributed by atoms with E-state index < -0.39 is 11.7 Å². The van der Waals surface area contributed by atoms with E-state index in [2.05, 4.69) is 34.7 Å². The summed E-state index contributed by atoms with van der Waals surface area (Å²) < 4.78 is 5.22. The van der Waals surface area contributed by atoms with Crippen LogP contribution in [0, 0.1) is 0 Å². The maximum atomic E-state index is 11.6. The van der Waals surface area contributed by atoms with Gasteiger partial charge in [-0.3, -0.25) is 9.89 Å². The Labute approximate surface area is 182 Å². The summed E-state index contributed by atoms with van der Waals surface area (Å²) in [5.74, 6) is 0.787. The Balaban J connectivity index is 0.00000676. The molecule has 0 saturated carbocycles. The van der Waals surface area contributed by atoms with Crippen LogP contribution in [0.4, 0.5) is 4.79 Å². The lowest BCUT2D eigenvalue weighted by Gasteiger charge is -2.37. The number of carbonyl (C=O) groups is 1. The molecule has 0 aliphatic carbocycles. The maximum Gasteiger partial charge on any atom is 0.407 e. The van der Waals surface area contributed by atoms with Crippen LogP contribution in [0.5, 0.6) is 0 Å². The fourth-order valence-electron chi connectivity index (χ4n) is 3.10. The molecule has 1 saturated heterocycles. The lowest BCUT2D eigenvalue weighted by Crippen LogP contribution is -2.46. The van der Waals surface area contributed by atoms with Crippen LogP contribution in [-0.2, 0) is 4.74 Å². The lowest BCUT2D eigenvalue weighted by atomic mass is 10.0. The summed E-state index contributed by atoms with van der Waals surface area (Å²) >= 11 is 0. The third kappa shape index (κ3) is 11.6. The molecular weight excluding hydrogens is 457 g/mol. The average Bonchev–Trinajstić information content (AvgIpc) is 2.55. The number of hydrogen-bond donors (Lipinski definition) is 3. The summed E-state index contributed by atoms with van der Waals surface area (Å²) in [4.78, 5) is 18.9. The fourth-order valence-corrected chi connectivity index (χ4v) is 3.10. The van der Waals surface area contributed by atoms with Gasteiger partial charge in [0.2, 0.25) is 0 Å². The van der Waals surface area contributed by atoms with E-state index in [-0.39, 0.29) is 24.0 Å². The molecule has 0 aromatic carbocycles. The summed E-state index contributed by atoms with van der Waals surface area (Å²) in [6, 6.07) is 1.07. The van der Waals surface area contributed by atoms with Crippen LogP contribution < -0.4 is 16.0 Å². The predicted octanol–water partition coefficient (Wildman–Crippen LogP) is 2.95. The number of ether oxygens (including phenoxy) is 1. The second-order valence-corrected chi connectivity index (χ2v) is 8.01. The molecule has 1 fully saturated rings. The standard InChI is InChI=1S/C19H39N5O2.HI/c1-7-20-17(21-11-12-22-18(25)26-19(4,5)6)23-14-16(3)24-13-9-8-10-15(24)2;/h15-16H,7-14H2,1-6H3,(H,22,25)(H2,20,21,23);1H. The van der Waals surface area contributed by atoms with Crippen LogP contribution in [0.25, 0.3) is 0 Å². The number of nitrogens with zero attached hydrogens (tertiary/aromatic N) is 2. The summed E-state index contributed by atoms with van der Waals surface area (Å²) in [7, 11) is 0. The maximum absolute atomic E-state index is 11.6. The zero-order chi connectivity index (χ0) is 19.6. The van der Waals surface area contributed by atoms with Crippen LogP contribution in [0.1, 0.15) is 60.8 Å². The highest BCUT2D eigenvalue weighted by molar-refractivity contribution is 14.0. The molecule has 0 spiro atoms. The Kier molecular flexibility index (Phi) is 13.0. The highest BCUT2D eigenvalue weighted by Crippen LogP contribution is 2.19. The second-order valence-electron chi connectivity index (χ2n) is 8.01.